The number of methoxy groups -OCH3 is 1. The van der Waals surface area contributed by atoms with Crippen molar-refractivity contribution in [3.05, 3.63) is 104 Å². The van der Waals surface area contributed by atoms with Gasteiger partial charge in [-0.05, 0) is 48.5 Å². The molecule has 0 unspecified atom stereocenters. The summed E-state index contributed by atoms with van der Waals surface area (Å²) in [5, 5.41) is 1.59. The van der Waals surface area contributed by atoms with E-state index in [1.54, 1.807) is 48.5 Å². The molecule has 0 saturated heterocycles. The summed E-state index contributed by atoms with van der Waals surface area (Å²) in [6.07, 6.45) is 0. The normalized spacial score (nSPS) is 11.0. The van der Waals surface area contributed by atoms with E-state index in [9.17, 15) is 14.4 Å². The van der Waals surface area contributed by atoms with Gasteiger partial charge in [-0.15, -0.1) is 0 Å². The monoisotopic (exact) mass is 474 g/mol. The van der Waals surface area contributed by atoms with Crippen molar-refractivity contribution in [2.24, 2.45) is 0 Å². The van der Waals surface area contributed by atoms with Gasteiger partial charge >= 0.3 is 17.2 Å². The quantitative estimate of drug-likeness (QED) is 0.194. The average molecular weight is 475 g/mol. The molecule has 0 saturated carbocycles. The molecule has 8 heteroatoms. The van der Waals surface area contributed by atoms with Gasteiger partial charge in [0.25, 0.3) is 0 Å². The molecule has 0 amide bonds. The second kappa shape index (κ2) is 8.53. The summed E-state index contributed by atoms with van der Waals surface area (Å²) in [7, 11) is 1.48. The van der Waals surface area contributed by atoms with Crippen LogP contribution in [-0.4, -0.2) is 13.1 Å². The number of rotatable bonds is 4. The van der Waals surface area contributed by atoms with Crippen LogP contribution in [0.2, 0.25) is 5.02 Å². The number of carbonyl (C=O) groups is 1. The number of benzene rings is 3. The van der Waals surface area contributed by atoms with Crippen LogP contribution in [0.5, 0.6) is 11.5 Å². The number of fused-ring (bicyclic) bond motifs is 2. The minimum Gasteiger partial charge on any atom is -0.493 e. The maximum atomic E-state index is 12.8. The van der Waals surface area contributed by atoms with Crippen LogP contribution in [0.15, 0.2) is 91.2 Å². The second-order valence-corrected chi connectivity index (χ2v) is 7.80. The lowest BCUT2D eigenvalue weighted by Gasteiger charge is -2.09. The minimum atomic E-state index is -0.672. The average Bonchev–Trinajstić information content (AvgIpc) is 2.83. The minimum absolute atomic E-state index is 0.147. The highest BCUT2D eigenvalue weighted by molar-refractivity contribution is 6.30. The van der Waals surface area contributed by atoms with Gasteiger partial charge in [0.1, 0.15) is 11.3 Å². The molecule has 0 aliphatic rings. The van der Waals surface area contributed by atoms with Crippen molar-refractivity contribution in [2.75, 3.05) is 7.11 Å². The molecule has 0 atom stereocenters. The molecule has 0 aliphatic heterocycles. The van der Waals surface area contributed by atoms with Crippen molar-refractivity contribution in [1.29, 1.82) is 0 Å². The SMILES string of the molecule is COc1cccc2cc(-c3cc(=O)oc4cc(OC(=O)c5ccc(Cl)cc5)ccc34)c(=O)oc12. The van der Waals surface area contributed by atoms with Crippen molar-refractivity contribution in [1.82, 2.24) is 0 Å². The summed E-state index contributed by atoms with van der Waals surface area (Å²) in [4.78, 5) is 37.5. The molecule has 5 aromatic rings. The molecular weight excluding hydrogens is 460 g/mol. The first-order valence-electron chi connectivity index (χ1n) is 10.1. The van der Waals surface area contributed by atoms with Crippen molar-refractivity contribution >= 4 is 39.5 Å². The van der Waals surface area contributed by atoms with Gasteiger partial charge in [0.05, 0.1) is 18.2 Å². The zero-order chi connectivity index (χ0) is 23.8. The predicted molar refractivity (Wildman–Crippen MR) is 127 cm³/mol. The molecule has 0 radical (unpaired) electrons. The van der Waals surface area contributed by atoms with Crippen LogP contribution in [0, 0.1) is 0 Å². The number of hydrogen-bond donors (Lipinski definition) is 0. The summed E-state index contributed by atoms with van der Waals surface area (Å²) in [6, 6.07) is 18.9. The number of carbonyl (C=O) groups excluding carboxylic acids is 1. The van der Waals surface area contributed by atoms with E-state index in [2.05, 4.69) is 0 Å². The fourth-order valence-electron chi connectivity index (χ4n) is 3.65. The largest absolute Gasteiger partial charge is 0.493 e. The third kappa shape index (κ3) is 3.93. The van der Waals surface area contributed by atoms with E-state index in [-0.39, 0.29) is 16.9 Å². The summed E-state index contributed by atoms with van der Waals surface area (Å²) in [5.74, 6) is -0.00704. The molecule has 2 heterocycles. The van der Waals surface area contributed by atoms with E-state index < -0.39 is 17.2 Å². The van der Waals surface area contributed by atoms with Gasteiger partial charge in [0.2, 0.25) is 0 Å². The van der Waals surface area contributed by atoms with Crippen molar-refractivity contribution < 1.29 is 23.1 Å². The Kier molecular flexibility index (Phi) is 5.39. The highest BCUT2D eigenvalue weighted by Crippen LogP contribution is 2.32. The van der Waals surface area contributed by atoms with Gasteiger partial charge < -0.3 is 18.3 Å². The van der Waals surface area contributed by atoms with Crippen LogP contribution in [0.4, 0.5) is 0 Å². The van der Waals surface area contributed by atoms with Crippen LogP contribution in [0.25, 0.3) is 33.1 Å². The van der Waals surface area contributed by atoms with E-state index in [0.29, 0.717) is 38.3 Å². The van der Waals surface area contributed by atoms with Crippen molar-refractivity contribution in [2.45, 2.75) is 0 Å². The van der Waals surface area contributed by atoms with E-state index in [0.717, 1.165) is 0 Å². The second-order valence-electron chi connectivity index (χ2n) is 7.36. The van der Waals surface area contributed by atoms with Crippen LogP contribution in [-0.2, 0) is 0 Å². The first-order chi connectivity index (χ1) is 16.4. The Morgan fingerprint density at radius 2 is 1.68 bits per heavy atom. The molecule has 7 nitrogen and oxygen atoms in total. The summed E-state index contributed by atoms with van der Waals surface area (Å²) < 4.78 is 21.5. The third-order valence-corrected chi connectivity index (χ3v) is 5.49. The number of ether oxygens (including phenoxy) is 2. The Morgan fingerprint density at radius 1 is 0.882 bits per heavy atom. The molecule has 5 rings (SSSR count). The Balaban J connectivity index is 1.59. The zero-order valence-corrected chi connectivity index (χ0v) is 18.4. The van der Waals surface area contributed by atoms with Gasteiger partial charge in [-0.1, -0.05) is 23.7 Å². The molecule has 168 valence electrons. The Bertz CT molecular complexity index is 1680. The van der Waals surface area contributed by atoms with Crippen LogP contribution in [0.1, 0.15) is 10.4 Å². The van der Waals surface area contributed by atoms with Gasteiger partial charge in [-0.3, -0.25) is 0 Å². The maximum absolute atomic E-state index is 12.8. The Hall–Kier alpha value is -4.36. The molecule has 0 N–H and O–H groups in total. The van der Waals surface area contributed by atoms with Crippen molar-refractivity contribution in [3.63, 3.8) is 0 Å². The van der Waals surface area contributed by atoms with E-state index in [1.165, 1.54) is 31.4 Å². The summed E-state index contributed by atoms with van der Waals surface area (Å²) in [6.45, 7) is 0. The number of halogens is 1. The first kappa shape index (κ1) is 21.5. The third-order valence-electron chi connectivity index (χ3n) is 5.24. The molecule has 34 heavy (non-hydrogen) atoms. The first-order valence-corrected chi connectivity index (χ1v) is 10.5. The molecular formula is C26H15ClO7. The molecule has 0 fully saturated rings. The fraction of sp³-hybridized carbons (Fsp3) is 0.0385. The van der Waals surface area contributed by atoms with Crippen LogP contribution < -0.4 is 20.7 Å². The lowest BCUT2D eigenvalue weighted by atomic mass is 10.0. The maximum Gasteiger partial charge on any atom is 0.344 e. The highest BCUT2D eigenvalue weighted by Gasteiger charge is 2.17. The van der Waals surface area contributed by atoms with Crippen LogP contribution in [0.3, 0.4) is 0 Å². The molecule has 2 aromatic heterocycles. The summed E-state index contributed by atoms with van der Waals surface area (Å²) in [5.41, 5.74) is -0.0267. The van der Waals surface area contributed by atoms with E-state index >= 15 is 0 Å². The van der Waals surface area contributed by atoms with Gasteiger partial charge in [0.15, 0.2) is 11.3 Å². The number of esters is 1. The molecule has 0 spiro atoms. The Morgan fingerprint density at radius 3 is 2.44 bits per heavy atom. The van der Waals surface area contributed by atoms with Crippen molar-refractivity contribution in [3.8, 4) is 22.6 Å². The standard InChI is InChI=1S/C26H15ClO7/c1-31-21-4-2-3-15-11-20(26(30)34-24(15)21)19-13-23(28)33-22-12-17(9-10-18(19)22)32-25(29)14-5-7-16(27)8-6-14/h2-13H,1H3. The van der Waals surface area contributed by atoms with Gasteiger partial charge in [-0.25, -0.2) is 14.4 Å². The Labute approximate surface area is 196 Å². The number of hydrogen-bond acceptors (Lipinski definition) is 7. The van der Waals surface area contributed by atoms with Crippen LogP contribution >= 0.6 is 11.6 Å². The summed E-state index contributed by atoms with van der Waals surface area (Å²) >= 11 is 5.85. The molecule has 3 aromatic carbocycles. The highest BCUT2D eigenvalue weighted by atomic mass is 35.5. The van der Waals surface area contributed by atoms with Gasteiger partial charge in [-0.2, -0.15) is 0 Å². The lowest BCUT2D eigenvalue weighted by molar-refractivity contribution is 0.0735. The van der Waals surface area contributed by atoms with E-state index in [1.807, 2.05) is 0 Å². The molecule has 0 bridgehead atoms. The topological polar surface area (TPSA) is 96.0 Å². The zero-order valence-electron chi connectivity index (χ0n) is 17.7. The van der Waals surface area contributed by atoms with Gasteiger partial charge in [0, 0.05) is 33.5 Å². The fourth-order valence-corrected chi connectivity index (χ4v) is 3.77. The molecule has 0 aliphatic carbocycles. The lowest BCUT2D eigenvalue weighted by Crippen LogP contribution is -2.09. The predicted octanol–water partition coefficient (Wildman–Crippen LogP) is 5.45. The smallest absolute Gasteiger partial charge is 0.344 e. The van der Waals surface area contributed by atoms with E-state index in [4.69, 9.17) is 29.9 Å². The number of para-hydroxylation sites is 1.